The van der Waals surface area contributed by atoms with Crippen LogP contribution in [0.5, 0.6) is 0 Å². The number of hydrogen-bond donors (Lipinski definition) is 1. The van der Waals surface area contributed by atoms with E-state index in [4.69, 9.17) is 9.15 Å². The lowest BCUT2D eigenvalue weighted by Crippen LogP contribution is -2.50. The normalized spacial score (nSPS) is 14.0. The molecule has 0 amide bonds. The van der Waals surface area contributed by atoms with Crippen LogP contribution in [0.3, 0.4) is 0 Å². The first-order chi connectivity index (χ1) is 9.51. The van der Waals surface area contributed by atoms with Crippen molar-refractivity contribution >= 4 is 17.7 Å². The summed E-state index contributed by atoms with van der Waals surface area (Å²) < 4.78 is 10.2. The summed E-state index contributed by atoms with van der Waals surface area (Å²) in [6.07, 6.45) is 2.54. The van der Waals surface area contributed by atoms with Crippen LogP contribution in [-0.4, -0.2) is 41.1 Å². The molecule has 0 saturated carbocycles. The maximum absolute atomic E-state index is 11.9. The van der Waals surface area contributed by atoms with E-state index in [2.05, 4.69) is 22.4 Å². The van der Waals surface area contributed by atoms with E-state index in [-0.39, 0.29) is 5.97 Å². The molecule has 0 fully saturated rings. The molecule has 0 saturated heterocycles. The highest BCUT2D eigenvalue weighted by molar-refractivity contribution is 7.99. The SMILES string of the molecule is CCCNC(C)(CCCSc1nnc(C)o1)C(=O)OC. The van der Waals surface area contributed by atoms with Gasteiger partial charge in [0.05, 0.1) is 7.11 Å². The molecule has 0 spiro atoms. The fourth-order valence-electron chi connectivity index (χ4n) is 1.81. The highest BCUT2D eigenvalue weighted by atomic mass is 32.2. The van der Waals surface area contributed by atoms with E-state index in [9.17, 15) is 4.79 Å². The van der Waals surface area contributed by atoms with E-state index in [0.717, 1.165) is 25.1 Å². The van der Waals surface area contributed by atoms with Gasteiger partial charge in [0.1, 0.15) is 5.54 Å². The second-order valence-corrected chi connectivity index (χ2v) is 5.84. The maximum Gasteiger partial charge on any atom is 0.325 e. The lowest BCUT2D eigenvalue weighted by atomic mass is 9.96. The van der Waals surface area contributed by atoms with Crippen LogP contribution in [0.15, 0.2) is 9.64 Å². The number of hydrogen-bond acceptors (Lipinski definition) is 7. The molecule has 1 atom stereocenters. The number of nitrogens with one attached hydrogen (secondary N) is 1. The molecule has 1 unspecified atom stereocenters. The van der Waals surface area contributed by atoms with Crippen LogP contribution in [0.1, 0.15) is 39.0 Å². The second-order valence-electron chi connectivity index (χ2n) is 4.79. The van der Waals surface area contributed by atoms with Gasteiger partial charge < -0.3 is 14.5 Å². The van der Waals surface area contributed by atoms with Crippen molar-refractivity contribution in [1.82, 2.24) is 15.5 Å². The van der Waals surface area contributed by atoms with Gasteiger partial charge in [0.15, 0.2) is 0 Å². The summed E-state index contributed by atoms with van der Waals surface area (Å²) >= 11 is 1.50. The van der Waals surface area contributed by atoms with Gasteiger partial charge in [0, 0.05) is 12.7 Å². The fourth-order valence-corrected chi connectivity index (χ4v) is 2.55. The Bertz CT molecular complexity index is 425. The quantitative estimate of drug-likeness (QED) is 0.425. The Morgan fingerprint density at radius 1 is 1.50 bits per heavy atom. The first-order valence-corrected chi connectivity index (χ1v) is 7.76. The zero-order valence-electron chi connectivity index (χ0n) is 12.6. The summed E-state index contributed by atoms with van der Waals surface area (Å²) in [5.74, 6) is 1.17. The van der Waals surface area contributed by atoms with Crippen molar-refractivity contribution in [2.75, 3.05) is 19.4 Å². The Balaban J connectivity index is 2.39. The first-order valence-electron chi connectivity index (χ1n) is 6.78. The topological polar surface area (TPSA) is 77.3 Å². The number of aryl methyl sites for hydroxylation is 1. The highest BCUT2D eigenvalue weighted by Crippen LogP contribution is 2.21. The number of ether oxygens (including phenoxy) is 1. The first kappa shape index (κ1) is 17.0. The van der Waals surface area contributed by atoms with Crippen molar-refractivity contribution in [2.45, 2.75) is 50.8 Å². The molecule has 7 heteroatoms. The number of carbonyl (C=O) groups is 1. The average Bonchev–Trinajstić information content (AvgIpc) is 2.86. The van der Waals surface area contributed by atoms with Crippen molar-refractivity contribution < 1.29 is 13.9 Å². The molecular formula is C13H23N3O3S. The monoisotopic (exact) mass is 301 g/mol. The number of esters is 1. The Hall–Kier alpha value is -1.08. The highest BCUT2D eigenvalue weighted by Gasteiger charge is 2.32. The third-order valence-electron chi connectivity index (χ3n) is 2.96. The molecule has 0 bridgehead atoms. The molecule has 1 N–H and O–H groups in total. The lowest BCUT2D eigenvalue weighted by molar-refractivity contribution is -0.148. The number of carbonyl (C=O) groups excluding carboxylic acids is 1. The number of methoxy groups -OCH3 is 1. The van der Waals surface area contributed by atoms with Crippen LogP contribution < -0.4 is 5.32 Å². The maximum atomic E-state index is 11.9. The molecule has 1 rings (SSSR count). The molecule has 0 aliphatic rings. The van der Waals surface area contributed by atoms with E-state index in [1.54, 1.807) is 6.92 Å². The zero-order valence-corrected chi connectivity index (χ0v) is 13.4. The summed E-state index contributed by atoms with van der Waals surface area (Å²) in [4.78, 5) is 11.9. The van der Waals surface area contributed by atoms with Gasteiger partial charge in [-0.2, -0.15) is 0 Å². The van der Waals surface area contributed by atoms with Gasteiger partial charge in [-0.15, -0.1) is 10.2 Å². The molecule has 1 aromatic heterocycles. The number of nitrogens with zero attached hydrogens (tertiary/aromatic N) is 2. The van der Waals surface area contributed by atoms with Crippen LogP contribution in [-0.2, 0) is 9.53 Å². The molecule has 6 nitrogen and oxygen atoms in total. The molecule has 0 aliphatic heterocycles. The lowest BCUT2D eigenvalue weighted by Gasteiger charge is -2.27. The zero-order chi connectivity index (χ0) is 15.0. The summed E-state index contributed by atoms with van der Waals surface area (Å²) in [6.45, 7) is 6.51. The van der Waals surface area contributed by atoms with Gasteiger partial charge >= 0.3 is 5.97 Å². The van der Waals surface area contributed by atoms with Gasteiger partial charge in [-0.1, -0.05) is 18.7 Å². The Labute approximate surface area is 124 Å². The molecular weight excluding hydrogens is 278 g/mol. The summed E-state index contributed by atoms with van der Waals surface area (Å²) in [7, 11) is 1.42. The standard InChI is InChI=1S/C13H23N3O3S/c1-5-8-14-13(3,11(17)18-4)7-6-9-20-12-16-15-10(2)19-12/h14H,5-9H2,1-4H3. The Kier molecular flexibility index (Phi) is 7.01. The summed E-state index contributed by atoms with van der Waals surface area (Å²) in [5, 5.41) is 11.5. The van der Waals surface area contributed by atoms with E-state index >= 15 is 0 Å². The van der Waals surface area contributed by atoms with Crippen LogP contribution in [0, 0.1) is 6.92 Å². The summed E-state index contributed by atoms with van der Waals surface area (Å²) in [6, 6.07) is 0. The predicted molar refractivity (Wildman–Crippen MR) is 77.7 cm³/mol. The predicted octanol–water partition coefficient (Wildman–Crippen LogP) is 2.18. The molecule has 0 radical (unpaired) electrons. The van der Waals surface area contributed by atoms with Crippen molar-refractivity contribution in [2.24, 2.45) is 0 Å². The second kappa shape index (κ2) is 8.26. The summed E-state index contributed by atoms with van der Waals surface area (Å²) in [5.41, 5.74) is -0.629. The molecule has 1 heterocycles. The van der Waals surface area contributed by atoms with Crippen molar-refractivity contribution in [3.63, 3.8) is 0 Å². The van der Waals surface area contributed by atoms with Crippen molar-refractivity contribution in [3.05, 3.63) is 5.89 Å². The molecule has 0 aromatic carbocycles. The molecule has 0 aliphatic carbocycles. The number of aromatic nitrogens is 2. The number of rotatable bonds is 9. The van der Waals surface area contributed by atoms with E-state index in [1.165, 1.54) is 18.9 Å². The number of thioether (sulfide) groups is 1. The van der Waals surface area contributed by atoms with Gasteiger partial charge in [0.2, 0.25) is 5.89 Å². The molecule has 1 aromatic rings. The van der Waals surface area contributed by atoms with E-state index in [0.29, 0.717) is 17.5 Å². The largest absolute Gasteiger partial charge is 0.468 e. The van der Waals surface area contributed by atoms with Crippen LogP contribution >= 0.6 is 11.8 Å². The third kappa shape index (κ3) is 5.13. The van der Waals surface area contributed by atoms with Crippen LogP contribution in [0.4, 0.5) is 0 Å². The average molecular weight is 301 g/mol. The smallest absolute Gasteiger partial charge is 0.325 e. The van der Waals surface area contributed by atoms with Gasteiger partial charge in [-0.05, 0) is 32.7 Å². The molecule has 114 valence electrons. The third-order valence-corrected chi connectivity index (χ3v) is 3.86. The van der Waals surface area contributed by atoms with Crippen molar-refractivity contribution in [1.29, 1.82) is 0 Å². The Morgan fingerprint density at radius 2 is 2.25 bits per heavy atom. The minimum atomic E-state index is -0.629. The minimum Gasteiger partial charge on any atom is -0.468 e. The molecule has 20 heavy (non-hydrogen) atoms. The van der Waals surface area contributed by atoms with Crippen molar-refractivity contribution in [3.8, 4) is 0 Å². The fraction of sp³-hybridized carbons (Fsp3) is 0.769. The van der Waals surface area contributed by atoms with Gasteiger partial charge in [-0.25, -0.2) is 0 Å². The Morgan fingerprint density at radius 3 is 2.80 bits per heavy atom. The van der Waals surface area contributed by atoms with Gasteiger partial charge in [-0.3, -0.25) is 4.79 Å². The van der Waals surface area contributed by atoms with E-state index < -0.39 is 5.54 Å². The minimum absolute atomic E-state index is 0.218. The van der Waals surface area contributed by atoms with E-state index in [1.807, 2.05) is 6.92 Å². The van der Waals surface area contributed by atoms with Gasteiger partial charge in [0.25, 0.3) is 5.22 Å². The van der Waals surface area contributed by atoms with Crippen LogP contribution in [0.25, 0.3) is 0 Å². The van der Waals surface area contributed by atoms with Crippen LogP contribution in [0.2, 0.25) is 0 Å².